The lowest BCUT2D eigenvalue weighted by Crippen LogP contribution is -2.14. The molecule has 2 rings (SSSR count). The van der Waals surface area contributed by atoms with Gasteiger partial charge in [-0.1, -0.05) is 18.2 Å². The SMILES string of the molecule is COc1cc(CN)ccc1S(=O)(=O)Nc1ccccc1Br. The van der Waals surface area contributed by atoms with Gasteiger partial charge in [0.2, 0.25) is 0 Å². The van der Waals surface area contributed by atoms with Crippen molar-refractivity contribution >= 4 is 31.6 Å². The smallest absolute Gasteiger partial charge is 0.265 e. The molecule has 0 radical (unpaired) electrons. The maximum Gasteiger partial charge on any atom is 0.265 e. The first-order valence-corrected chi connectivity index (χ1v) is 8.40. The van der Waals surface area contributed by atoms with Crippen LogP contribution in [0.4, 0.5) is 5.69 Å². The standard InChI is InChI=1S/C14H15BrN2O3S/c1-20-13-8-10(9-16)6-7-14(13)21(18,19)17-12-5-3-2-4-11(12)15/h2-8,17H,9,16H2,1H3. The van der Waals surface area contributed by atoms with Gasteiger partial charge in [0.25, 0.3) is 10.0 Å². The highest BCUT2D eigenvalue weighted by atomic mass is 79.9. The maximum atomic E-state index is 12.5. The zero-order valence-corrected chi connectivity index (χ0v) is 13.7. The number of hydrogen-bond acceptors (Lipinski definition) is 4. The number of sulfonamides is 1. The molecule has 2 aromatic carbocycles. The molecule has 0 bridgehead atoms. The summed E-state index contributed by atoms with van der Waals surface area (Å²) in [5.74, 6) is 0.262. The molecule has 5 nitrogen and oxygen atoms in total. The topological polar surface area (TPSA) is 81.4 Å². The Bertz CT molecular complexity index is 748. The molecule has 0 aliphatic heterocycles. The highest BCUT2D eigenvalue weighted by molar-refractivity contribution is 9.10. The van der Waals surface area contributed by atoms with Gasteiger partial charge in [-0.3, -0.25) is 4.72 Å². The fourth-order valence-corrected chi connectivity index (χ4v) is 3.55. The number of rotatable bonds is 5. The number of anilines is 1. The van der Waals surface area contributed by atoms with E-state index in [1.165, 1.54) is 13.2 Å². The van der Waals surface area contributed by atoms with Crippen LogP contribution in [0, 0.1) is 0 Å². The van der Waals surface area contributed by atoms with E-state index in [-0.39, 0.29) is 10.6 Å². The molecule has 0 aliphatic rings. The molecule has 0 amide bonds. The van der Waals surface area contributed by atoms with Gasteiger partial charge in [-0.25, -0.2) is 8.42 Å². The Hall–Kier alpha value is -1.57. The van der Waals surface area contributed by atoms with Crippen LogP contribution in [-0.4, -0.2) is 15.5 Å². The van der Waals surface area contributed by atoms with Crippen molar-refractivity contribution in [3.63, 3.8) is 0 Å². The van der Waals surface area contributed by atoms with Crippen LogP contribution < -0.4 is 15.2 Å². The minimum Gasteiger partial charge on any atom is -0.495 e. The fourth-order valence-electron chi connectivity index (χ4n) is 1.80. The van der Waals surface area contributed by atoms with Gasteiger partial charge in [0.15, 0.2) is 0 Å². The van der Waals surface area contributed by atoms with Crippen LogP contribution in [0.5, 0.6) is 5.75 Å². The van der Waals surface area contributed by atoms with Crippen LogP contribution in [0.1, 0.15) is 5.56 Å². The zero-order valence-electron chi connectivity index (χ0n) is 11.3. The summed E-state index contributed by atoms with van der Waals surface area (Å²) in [5.41, 5.74) is 6.81. The molecule has 0 fully saturated rings. The van der Waals surface area contributed by atoms with Gasteiger partial charge in [0, 0.05) is 11.0 Å². The van der Waals surface area contributed by atoms with Crippen LogP contribution >= 0.6 is 15.9 Å². The Labute approximate surface area is 132 Å². The Balaban J connectivity index is 2.42. The largest absolute Gasteiger partial charge is 0.495 e. The number of nitrogens with two attached hydrogens (primary N) is 1. The van der Waals surface area contributed by atoms with Crippen LogP contribution in [-0.2, 0) is 16.6 Å². The Morgan fingerprint density at radius 1 is 1.24 bits per heavy atom. The first kappa shape index (κ1) is 15.8. The van der Waals surface area contributed by atoms with E-state index in [0.717, 1.165) is 5.56 Å². The van der Waals surface area contributed by atoms with E-state index in [2.05, 4.69) is 20.7 Å². The van der Waals surface area contributed by atoms with Gasteiger partial charge < -0.3 is 10.5 Å². The third kappa shape index (κ3) is 3.55. The highest BCUT2D eigenvalue weighted by Gasteiger charge is 2.20. The molecule has 0 aliphatic carbocycles. The van der Waals surface area contributed by atoms with Gasteiger partial charge >= 0.3 is 0 Å². The zero-order chi connectivity index (χ0) is 15.5. The summed E-state index contributed by atoms with van der Waals surface area (Å²) in [6, 6.07) is 11.7. The van der Waals surface area contributed by atoms with E-state index in [1.807, 2.05) is 0 Å². The summed E-state index contributed by atoms with van der Waals surface area (Å²) in [7, 11) is -2.33. The van der Waals surface area contributed by atoms with Crippen molar-refractivity contribution in [3.8, 4) is 5.75 Å². The molecule has 7 heteroatoms. The highest BCUT2D eigenvalue weighted by Crippen LogP contribution is 2.29. The summed E-state index contributed by atoms with van der Waals surface area (Å²) in [5, 5.41) is 0. The predicted molar refractivity (Wildman–Crippen MR) is 85.8 cm³/mol. The lowest BCUT2D eigenvalue weighted by atomic mass is 10.2. The summed E-state index contributed by atoms with van der Waals surface area (Å²) < 4.78 is 33.3. The van der Waals surface area contributed by atoms with Crippen LogP contribution in [0.25, 0.3) is 0 Å². The minimum absolute atomic E-state index is 0.0675. The number of nitrogens with one attached hydrogen (secondary N) is 1. The molecule has 0 spiro atoms. The summed E-state index contributed by atoms with van der Waals surface area (Å²) in [6.45, 7) is 0.314. The molecule has 0 saturated carbocycles. The van der Waals surface area contributed by atoms with Gasteiger partial charge in [0.1, 0.15) is 10.6 Å². The Kier molecular flexibility index (Phi) is 4.87. The number of benzene rings is 2. The van der Waals surface area contributed by atoms with E-state index >= 15 is 0 Å². The van der Waals surface area contributed by atoms with Gasteiger partial charge in [0.05, 0.1) is 12.8 Å². The monoisotopic (exact) mass is 370 g/mol. The lowest BCUT2D eigenvalue weighted by molar-refractivity contribution is 0.402. The quantitative estimate of drug-likeness (QED) is 0.847. The number of ether oxygens (including phenoxy) is 1. The molecular formula is C14H15BrN2O3S. The molecule has 0 aromatic heterocycles. The molecule has 0 atom stereocenters. The molecule has 0 heterocycles. The van der Waals surface area contributed by atoms with Crippen molar-refractivity contribution in [1.82, 2.24) is 0 Å². The third-order valence-corrected chi connectivity index (χ3v) is 4.97. The van der Waals surface area contributed by atoms with E-state index < -0.39 is 10.0 Å². The van der Waals surface area contributed by atoms with Crippen LogP contribution in [0.3, 0.4) is 0 Å². The Morgan fingerprint density at radius 2 is 1.95 bits per heavy atom. The molecule has 3 N–H and O–H groups in total. The van der Waals surface area contributed by atoms with Crippen LogP contribution in [0.2, 0.25) is 0 Å². The molecule has 2 aromatic rings. The maximum absolute atomic E-state index is 12.5. The fraction of sp³-hybridized carbons (Fsp3) is 0.143. The number of methoxy groups -OCH3 is 1. The number of halogens is 1. The predicted octanol–water partition coefficient (Wildman–Crippen LogP) is 2.72. The van der Waals surface area contributed by atoms with Crippen molar-refractivity contribution in [2.24, 2.45) is 5.73 Å². The van der Waals surface area contributed by atoms with Gasteiger partial charge in [-0.05, 0) is 45.8 Å². The molecule has 112 valence electrons. The molecule has 0 unspecified atom stereocenters. The van der Waals surface area contributed by atoms with Crippen molar-refractivity contribution in [1.29, 1.82) is 0 Å². The molecule has 21 heavy (non-hydrogen) atoms. The van der Waals surface area contributed by atoms with Gasteiger partial charge in [-0.15, -0.1) is 0 Å². The molecule has 0 saturated heterocycles. The first-order valence-electron chi connectivity index (χ1n) is 6.12. The molecular weight excluding hydrogens is 356 g/mol. The van der Waals surface area contributed by atoms with Crippen molar-refractivity contribution in [3.05, 3.63) is 52.5 Å². The lowest BCUT2D eigenvalue weighted by Gasteiger charge is -2.13. The average molecular weight is 371 g/mol. The third-order valence-electron chi connectivity index (χ3n) is 2.87. The number of para-hydroxylation sites is 1. The van der Waals surface area contributed by atoms with E-state index in [4.69, 9.17) is 10.5 Å². The second-order valence-electron chi connectivity index (χ2n) is 4.27. The van der Waals surface area contributed by atoms with Crippen molar-refractivity contribution in [2.45, 2.75) is 11.4 Å². The Morgan fingerprint density at radius 3 is 2.57 bits per heavy atom. The average Bonchev–Trinajstić information content (AvgIpc) is 2.48. The van der Waals surface area contributed by atoms with E-state index in [9.17, 15) is 8.42 Å². The summed E-state index contributed by atoms with van der Waals surface area (Å²) >= 11 is 3.31. The van der Waals surface area contributed by atoms with Crippen molar-refractivity contribution in [2.75, 3.05) is 11.8 Å². The number of hydrogen-bond donors (Lipinski definition) is 2. The van der Waals surface area contributed by atoms with Crippen LogP contribution in [0.15, 0.2) is 51.8 Å². The minimum atomic E-state index is -3.75. The summed E-state index contributed by atoms with van der Waals surface area (Å²) in [4.78, 5) is 0.0675. The second-order valence-corrected chi connectivity index (χ2v) is 6.78. The van der Waals surface area contributed by atoms with Gasteiger partial charge in [-0.2, -0.15) is 0 Å². The summed E-state index contributed by atoms with van der Waals surface area (Å²) in [6.07, 6.45) is 0. The first-order chi connectivity index (χ1) is 9.97. The van der Waals surface area contributed by atoms with E-state index in [1.54, 1.807) is 36.4 Å². The second kappa shape index (κ2) is 6.46. The van der Waals surface area contributed by atoms with Crippen molar-refractivity contribution < 1.29 is 13.2 Å². The normalized spacial score (nSPS) is 11.2. The van der Waals surface area contributed by atoms with E-state index in [0.29, 0.717) is 16.7 Å².